The van der Waals surface area contributed by atoms with Crippen molar-refractivity contribution in [2.75, 3.05) is 26.4 Å². The van der Waals surface area contributed by atoms with Gasteiger partial charge in [-0.1, -0.05) is 6.07 Å². The molecule has 1 aliphatic rings. The van der Waals surface area contributed by atoms with Gasteiger partial charge in [0.05, 0.1) is 36.2 Å². The zero-order valence-electron chi connectivity index (χ0n) is 12.7. The van der Waals surface area contributed by atoms with E-state index >= 15 is 0 Å². The molecule has 1 saturated heterocycles. The second-order valence-corrected chi connectivity index (χ2v) is 6.11. The third kappa shape index (κ3) is 4.57. The van der Waals surface area contributed by atoms with Crippen LogP contribution in [0.25, 0.3) is 11.4 Å². The molecule has 0 unspecified atom stereocenters. The van der Waals surface area contributed by atoms with Crippen molar-refractivity contribution in [3.8, 4) is 11.4 Å². The molecule has 23 heavy (non-hydrogen) atoms. The summed E-state index contributed by atoms with van der Waals surface area (Å²) >= 11 is 1.62. The molecule has 122 valence electrons. The molecule has 3 rings (SSSR count). The quantitative estimate of drug-likeness (QED) is 0.814. The van der Waals surface area contributed by atoms with Crippen LogP contribution in [-0.2, 0) is 20.7 Å². The Labute approximate surface area is 138 Å². The molecule has 3 heterocycles. The summed E-state index contributed by atoms with van der Waals surface area (Å²) in [7, 11) is 0. The molecule has 0 spiro atoms. The van der Waals surface area contributed by atoms with Crippen LogP contribution >= 0.6 is 11.3 Å². The number of nitrogens with zero attached hydrogens (tertiary/aromatic N) is 2. The van der Waals surface area contributed by atoms with Crippen LogP contribution < -0.4 is 5.32 Å². The lowest BCUT2D eigenvalue weighted by atomic mass is 10.3. The van der Waals surface area contributed by atoms with Crippen LogP contribution in [0.15, 0.2) is 29.8 Å². The Kier molecular flexibility index (Phi) is 5.68. The molecular weight excluding hydrogens is 314 g/mol. The Morgan fingerprint density at radius 2 is 2.30 bits per heavy atom. The minimum atomic E-state index is -0.473. The van der Waals surface area contributed by atoms with Gasteiger partial charge in [-0.15, -0.1) is 11.3 Å². The number of hydrogen-bond donors (Lipinski definition) is 1. The molecule has 6 nitrogen and oxygen atoms in total. The number of ether oxygens (including phenoxy) is 2. The predicted octanol–water partition coefficient (Wildman–Crippen LogP) is 1.67. The average molecular weight is 333 g/mol. The van der Waals surface area contributed by atoms with E-state index in [0.29, 0.717) is 26.4 Å². The Morgan fingerprint density at radius 3 is 3.09 bits per heavy atom. The molecule has 0 radical (unpaired) electrons. The number of carbonyl (C=O) groups is 1. The van der Waals surface area contributed by atoms with Gasteiger partial charge in [-0.25, -0.2) is 4.98 Å². The fourth-order valence-corrected chi connectivity index (χ4v) is 3.10. The first-order chi connectivity index (χ1) is 11.3. The standard InChI is InChI=1S/C16H19N3O3S/c20-16(14-10-21-8-9-22-14)18-7-3-5-15-19-13(11-23-15)12-4-1-2-6-17-12/h1-2,4,6,11,14H,3,5,7-10H2,(H,18,20)/t14-/m0/s1. The molecule has 2 aromatic heterocycles. The van der Waals surface area contributed by atoms with Gasteiger partial charge in [0.2, 0.25) is 0 Å². The summed E-state index contributed by atoms with van der Waals surface area (Å²) in [6, 6.07) is 5.79. The minimum Gasteiger partial charge on any atom is -0.376 e. The lowest BCUT2D eigenvalue weighted by Gasteiger charge is -2.21. The normalized spacial score (nSPS) is 17.8. The van der Waals surface area contributed by atoms with Crippen LogP contribution in [-0.4, -0.2) is 48.3 Å². The van der Waals surface area contributed by atoms with Gasteiger partial charge < -0.3 is 14.8 Å². The number of rotatable bonds is 6. The highest BCUT2D eigenvalue weighted by atomic mass is 32.1. The van der Waals surface area contributed by atoms with Crippen LogP contribution in [0.2, 0.25) is 0 Å². The average Bonchev–Trinajstić information content (AvgIpc) is 3.09. The van der Waals surface area contributed by atoms with Crippen LogP contribution in [0.1, 0.15) is 11.4 Å². The molecule has 1 atom stereocenters. The summed E-state index contributed by atoms with van der Waals surface area (Å²) < 4.78 is 10.6. The largest absolute Gasteiger partial charge is 0.376 e. The maximum absolute atomic E-state index is 11.9. The lowest BCUT2D eigenvalue weighted by Crippen LogP contribution is -2.43. The van der Waals surface area contributed by atoms with E-state index in [1.54, 1.807) is 17.5 Å². The van der Waals surface area contributed by atoms with Crippen molar-refractivity contribution in [1.82, 2.24) is 15.3 Å². The van der Waals surface area contributed by atoms with E-state index < -0.39 is 6.10 Å². The number of hydrogen-bond acceptors (Lipinski definition) is 6. The fourth-order valence-electron chi connectivity index (χ4n) is 2.26. The minimum absolute atomic E-state index is 0.0991. The SMILES string of the molecule is O=C(NCCCc1nc(-c2ccccn2)cs1)[C@@H]1COCCO1. The molecule has 1 fully saturated rings. The van der Waals surface area contributed by atoms with Gasteiger partial charge in [-0.2, -0.15) is 0 Å². The molecule has 0 aliphatic carbocycles. The van der Waals surface area contributed by atoms with Crippen molar-refractivity contribution < 1.29 is 14.3 Å². The van der Waals surface area contributed by atoms with Crippen LogP contribution in [0.5, 0.6) is 0 Å². The number of aryl methyl sites for hydroxylation is 1. The summed E-state index contributed by atoms with van der Waals surface area (Å²) in [5.41, 5.74) is 1.79. The first-order valence-corrected chi connectivity index (χ1v) is 8.54. The van der Waals surface area contributed by atoms with Gasteiger partial charge in [0, 0.05) is 24.5 Å². The van der Waals surface area contributed by atoms with Crippen molar-refractivity contribution in [3.05, 3.63) is 34.8 Å². The highest BCUT2D eigenvalue weighted by Gasteiger charge is 2.21. The molecule has 1 N–H and O–H groups in total. The second-order valence-electron chi connectivity index (χ2n) is 5.17. The maximum atomic E-state index is 11.9. The highest BCUT2D eigenvalue weighted by molar-refractivity contribution is 7.09. The van der Waals surface area contributed by atoms with E-state index in [-0.39, 0.29) is 5.91 Å². The third-order valence-corrected chi connectivity index (χ3v) is 4.36. The molecule has 1 aliphatic heterocycles. The zero-order valence-corrected chi connectivity index (χ0v) is 13.6. The van der Waals surface area contributed by atoms with Gasteiger partial charge in [0.15, 0.2) is 6.10 Å². The first-order valence-electron chi connectivity index (χ1n) is 7.66. The van der Waals surface area contributed by atoms with E-state index in [0.717, 1.165) is 29.2 Å². The second kappa shape index (κ2) is 8.14. The summed E-state index contributed by atoms with van der Waals surface area (Å²) in [6.45, 7) is 1.99. The predicted molar refractivity (Wildman–Crippen MR) is 87.2 cm³/mol. The van der Waals surface area contributed by atoms with Crippen molar-refractivity contribution in [3.63, 3.8) is 0 Å². The molecule has 0 aromatic carbocycles. The topological polar surface area (TPSA) is 73.3 Å². The maximum Gasteiger partial charge on any atom is 0.251 e. The van der Waals surface area contributed by atoms with Crippen molar-refractivity contribution >= 4 is 17.2 Å². The van der Waals surface area contributed by atoms with Crippen molar-refractivity contribution in [1.29, 1.82) is 0 Å². The van der Waals surface area contributed by atoms with E-state index in [1.165, 1.54) is 0 Å². The number of amides is 1. The van der Waals surface area contributed by atoms with Gasteiger partial charge in [0.1, 0.15) is 0 Å². The molecule has 7 heteroatoms. The fraction of sp³-hybridized carbons (Fsp3) is 0.438. The Hall–Kier alpha value is -1.83. The van der Waals surface area contributed by atoms with E-state index in [9.17, 15) is 4.79 Å². The lowest BCUT2D eigenvalue weighted by molar-refractivity contribution is -0.147. The third-order valence-electron chi connectivity index (χ3n) is 3.45. The number of nitrogens with one attached hydrogen (secondary N) is 1. The smallest absolute Gasteiger partial charge is 0.251 e. The molecule has 2 aromatic rings. The Morgan fingerprint density at radius 1 is 1.35 bits per heavy atom. The molecule has 0 bridgehead atoms. The number of thiazole rings is 1. The summed E-state index contributed by atoms with van der Waals surface area (Å²) in [4.78, 5) is 20.7. The van der Waals surface area contributed by atoms with Gasteiger partial charge in [-0.3, -0.25) is 9.78 Å². The molecule has 0 saturated carbocycles. The first kappa shape index (κ1) is 16.0. The number of pyridine rings is 1. The number of carbonyl (C=O) groups excluding carboxylic acids is 1. The van der Waals surface area contributed by atoms with Crippen LogP contribution in [0, 0.1) is 0 Å². The van der Waals surface area contributed by atoms with Gasteiger partial charge in [-0.05, 0) is 18.6 Å². The van der Waals surface area contributed by atoms with Gasteiger partial charge in [0.25, 0.3) is 5.91 Å². The van der Waals surface area contributed by atoms with E-state index in [4.69, 9.17) is 9.47 Å². The molecular formula is C16H19N3O3S. The highest BCUT2D eigenvalue weighted by Crippen LogP contribution is 2.20. The summed E-state index contributed by atoms with van der Waals surface area (Å²) in [5, 5.41) is 5.95. The molecule has 1 amide bonds. The number of aromatic nitrogens is 2. The summed E-state index contributed by atoms with van der Waals surface area (Å²) in [6.07, 6.45) is 2.97. The van der Waals surface area contributed by atoms with E-state index in [2.05, 4.69) is 15.3 Å². The van der Waals surface area contributed by atoms with Crippen molar-refractivity contribution in [2.45, 2.75) is 18.9 Å². The van der Waals surface area contributed by atoms with Crippen molar-refractivity contribution in [2.24, 2.45) is 0 Å². The zero-order chi connectivity index (χ0) is 15.9. The summed E-state index contributed by atoms with van der Waals surface area (Å²) in [5.74, 6) is -0.0991. The Balaban J connectivity index is 1.41. The van der Waals surface area contributed by atoms with Gasteiger partial charge >= 0.3 is 0 Å². The Bertz CT molecular complexity index is 627. The van der Waals surface area contributed by atoms with Crippen LogP contribution in [0.4, 0.5) is 0 Å². The van der Waals surface area contributed by atoms with E-state index in [1.807, 2.05) is 23.6 Å². The monoisotopic (exact) mass is 333 g/mol. The van der Waals surface area contributed by atoms with Crippen LogP contribution in [0.3, 0.4) is 0 Å².